The smallest absolute Gasteiger partial charge is 0.256 e. The molecule has 1 saturated carbocycles. The molecule has 1 amide bonds. The Bertz CT molecular complexity index is 1110. The molecule has 5 atom stereocenters. The van der Waals surface area contributed by atoms with Crippen molar-refractivity contribution < 1.29 is 13.6 Å². The number of nitrogens with zero attached hydrogens (tertiary/aromatic N) is 2. The van der Waals surface area contributed by atoms with Crippen molar-refractivity contribution in [1.82, 2.24) is 21.1 Å². The molecule has 1 heterocycles. The first-order valence-corrected chi connectivity index (χ1v) is 11.6. The summed E-state index contributed by atoms with van der Waals surface area (Å²) < 4.78 is 30.1. The Labute approximate surface area is 199 Å². The zero-order valence-electron chi connectivity index (χ0n) is 20.0. The second-order valence-corrected chi connectivity index (χ2v) is 9.63. The van der Waals surface area contributed by atoms with E-state index in [0.29, 0.717) is 24.9 Å². The normalized spacial score (nSPS) is 26.1. The second kappa shape index (κ2) is 9.79. The van der Waals surface area contributed by atoms with Gasteiger partial charge in [0, 0.05) is 32.6 Å². The largest absolute Gasteiger partial charge is 0.345 e. The van der Waals surface area contributed by atoms with Crippen molar-refractivity contribution in [2.45, 2.75) is 44.3 Å². The van der Waals surface area contributed by atoms with E-state index < -0.39 is 5.82 Å². The third-order valence-electron chi connectivity index (χ3n) is 7.19. The van der Waals surface area contributed by atoms with E-state index in [2.05, 4.69) is 22.2 Å². The summed E-state index contributed by atoms with van der Waals surface area (Å²) in [6.07, 6.45) is 1.17. The van der Waals surface area contributed by atoms with E-state index in [1.165, 1.54) is 17.0 Å². The van der Waals surface area contributed by atoms with Gasteiger partial charge in [-0.1, -0.05) is 12.1 Å². The van der Waals surface area contributed by atoms with Crippen molar-refractivity contribution in [2.24, 2.45) is 11.8 Å². The Kier molecular flexibility index (Phi) is 6.99. The number of amides is 1. The lowest BCUT2D eigenvalue weighted by molar-refractivity contribution is 0.0823. The van der Waals surface area contributed by atoms with Crippen molar-refractivity contribution in [2.75, 3.05) is 21.1 Å². The van der Waals surface area contributed by atoms with E-state index >= 15 is 4.39 Å². The van der Waals surface area contributed by atoms with Crippen LogP contribution in [-0.2, 0) is 6.54 Å². The molecule has 3 N–H and O–H groups in total. The van der Waals surface area contributed by atoms with Crippen LogP contribution in [0.5, 0.6) is 0 Å². The molecule has 0 bridgehead atoms. The Morgan fingerprint density at radius 1 is 1.18 bits per heavy atom. The Hall–Kier alpha value is -2.86. The van der Waals surface area contributed by atoms with Crippen molar-refractivity contribution in [3.63, 3.8) is 0 Å². The van der Waals surface area contributed by atoms with Gasteiger partial charge in [0.05, 0.1) is 23.6 Å². The number of aryl methyl sites for hydroxylation is 1. The van der Waals surface area contributed by atoms with Crippen LogP contribution in [0.1, 0.15) is 57.4 Å². The van der Waals surface area contributed by atoms with Crippen LogP contribution in [0.25, 0.3) is 0 Å². The van der Waals surface area contributed by atoms with Gasteiger partial charge in [-0.2, -0.15) is 5.26 Å². The number of carbonyl (C=O) groups excluding carboxylic acids is 1. The molecule has 5 unspecified atom stereocenters. The van der Waals surface area contributed by atoms with Gasteiger partial charge in [0.1, 0.15) is 11.6 Å². The minimum Gasteiger partial charge on any atom is -0.345 e. The lowest BCUT2D eigenvalue weighted by atomic mass is 9.66. The Morgan fingerprint density at radius 3 is 2.56 bits per heavy atom. The average Bonchev–Trinajstić information content (AvgIpc) is 3.20. The predicted molar refractivity (Wildman–Crippen MR) is 126 cm³/mol. The molecule has 4 rings (SSSR count). The summed E-state index contributed by atoms with van der Waals surface area (Å²) in [7, 11) is 4.99. The monoisotopic (exact) mass is 467 g/mol. The first kappa shape index (κ1) is 24.3. The first-order valence-electron chi connectivity index (χ1n) is 11.6. The standard InChI is InChI=1S/C26H31F2N5O/c1-14-7-15(13-30-2)8-22(28)24(14)19-11-20-23(10-17(19)12-29)31-32-25(20)16-5-6-18(21(27)9-16)26(34)33(3)4/h5-9,17,19-20,23,25,30-32H,10-11,13H2,1-4H3. The van der Waals surface area contributed by atoms with Crippen LogP contribution < -0.4 is 16.2 Å². The molecule has 34 heavy (non-hydrogen) atoms. The highest BCUT2D eigenvalue weighted by molar-refractivity contribution is 5.94. The zero-order valence-corrected chi connectivity index (χ0v) is 20.0. The van der Waals surface area contributed by atoms with Crippen molar-refractivity contribution >= 4 is 5.91 Å². The number of hydrogen-bond acceptors (Lipinski definition) is 5. The summed E-state index contributed by atoms with van der Waals surface area (Å²) in [5.74, 6) is -1.76. The molecule has 6 nitrogen and oxygen atoms in total. The van der Waals surface area contributed by atoms with Crippen molar-refractivity contribution in [3.05, 3.63) is 69.8 Å². The van der Waals surface area contributed by atoms with Gasteiger partial charge in [-0.15, -0.1) is 0 Å². The van der Waals surface area contributed by atoms with E-state index in [9.17, 15) is 14.4 Å². The molecule has 180 valence electrons. The van der Waals surface area contributed by atoms with Gasteiger partial charge < -0.3 is 10.2 Å². The maximum absolute atomic E-state index is 15.3. The van der Waals surface area contributed by atoms with E-state index in [4.69, 9.17) is 0 Å². The maximum atomic E-state index is 15.3. The summed E-state index contributed by atoms with van der Waals surface area (Å²) in [6.45, 7) is 2.47. The van der Waals surface area contributed by atoms with Crippen LogP contribution in [0.3, 0.4) is 0 Å². The van der Waals surface area contributed by atoms with Crippen LogP contribution in [0.15, 0.2) is 30.3 Å². The topological polar surface area (TPSA) is 80.2 Å². The lowest BCUT2D eigenvalue weighted by Crippen LogP contribution is -2.39. The summed E-state index contributed by atoms with van der Waals surface area (Å²) in [4.78, 5) is 13.6. The molecule has 1 saturated heterocycles. The third kappa shape index (κ3) is 4.43. The minimum absolute atomic E-state index is 0.0176. The number of hydrogen-bond donors (Lipinski definition) is 3. The predicted octanol–water partition coefficient (Wildman–Crippen LogP) is 3.55. The van der Waals surface area contributed by atoms with Gasteiger partial charge in [0.15, 0.2) is 0 Å². The van der Waals surface area contributed by atoms with Crippen molar-refractivity contribution in [1.29, 1.82) is 5.26 Å². The summed E-state index contributed by atoms with van der Waals surface area (Å²) in [5.41, 5.74) is 9.61. The highest BCUT2D eigenvalue weighted by atomic mass is 19.1. The van der Waals surface area contributed by atoms with Crippen molar-refractivity contribution in [3.8, 4) is 6.07 Å². The Balaban J connectivity index is 1.64. The van der Waals surface area contributed by atoms with Gasteiger partial charge in [-0.3, -0.25) is 10.2 Å². The molecule has 2 aliphatic rings. The number of rotatable bonds is 5. The zero-order chi connectivity index (χ0) is 24.6. The highest BCUT2D eigenvalue weighted by Gasteiger charge is 2.46. The first-order chi connectivity index (χ1) is 16.2. The number of nitriles is 1. The third-order valence-corrected chi connectivity index (χ3v) is 7.19. The van der Waals surface area contributed by atoms with E-state index in [0.717, 1.165) is 16.7 Å². The van der Waals surface area contributed by atoms with Gasteiger partial charge in [0.25, 0.3) is 5.91 Å². The number of fused-ring (bicyclic) bond motifs is 1. The lowest BCUT2D eigenvalue weighted by Gasteiger charge is -2.37. The van der Waals surface area contributed by atoms with E-state index in [-0.39, 0.29) is 47.1 Å². The van der Waals surface area contributed by atoms with Crippen LogP contribution in [0.4, 0.5) is 8.78 Å². The fourth-order valence-electron chi connectivity index (χ4n) is 5.61. The minimum atomic E-state index is -0.564. The molecule has 2 aromatic carbocycles. The molecule has 0 radical (unpaired) electrons. The number of halogens is 2. The van der Waals surface area contributed by atoms with Gasteiger partial charge in [0.2, 0.25) is 0 Å². The number of nitrogens with one attached hydrogen (secondary N) is 3. The van der Waals surface area contributed by atoms with Gasteiger partial charge in [-0.05, 0) is 73.2 Å². The number of benzene rings is 2. The van der Waals surface area contributed by atoms with Crippen LogP contribution in [0, 0.1) is 41.7 Å². The molecule has 0 aromatic heterocycles. The van der Waals surface area contributed by atoms with Gasteiger partial charge in [-0.25, -0.2) is 14.2 Å². The van der Waals surface area contributed by atoms with E-state index in [1.54, 1.807) is 26.2 Å². The molecule has 1 aliphatic heterocycles. The molecule has 2 fully saturated rings. The van der Waals surface area contributed by atoms with Crippen LogP contribution in [0.2, 0.25) is 0 Å². The quantitative estimate of drug-likeness (QED) is 0.627. The van der Waals surface area contributed by atoms with E-state index in [1.807, 2.05) is 20.0 Å². The summed E-state index contributed by atoms with van der Waals surface area (Å²) in [5, 5.41) is 12.9. The van der Waals surface area contributed by atoms with Crippen LogP contribution in [-0.4, -0.2) is 38.0 Å². The number of carbonyl (C=O) groups is 1. The SMILES string of the molecule is CNCc1cc(C)c(C2CC3C(CC2C#N)NNC3c2ccc(C(=O)N(C)C)c(F)c2)c(F)c1. The second-order valence-electron chi connectivity index (χ2n) is 9.63. The molecule has 8 heteroatoms. The highest BCUT2D eigenvalue weighted by Crippen LogP contribution is 2.48. The fraction of sp³-hybridized carbons (Fsp3) is 0.462. The Morgan fingerprint density at radius 2 is 1.94 bits per heavy atom. The molecular weight excluding hydrogens is 436 g/mol. The average molecular weight is 468 g/mol. The summed E-state index contributed by atoms with van der Waals surface area (Å²) >= 11 is 0. The molecule has 2 aromatic rings. The summed E-state index contributed by atoms with van der Waals surface area (Å²) in [6, 6.07) is 10.4. The molecular formula is C26H31F2N5O. The molecule has 1 aliphatic carbocycles. The number of hydrazine groups is 1. The fourth-order valence-corrected chi connectivity index (χ4v) is 5.61. The van der Waals surface area contributed by atoms with Gasteiger partial charge >= 0.3 is 0 Å². The van der Waals surface area contributed by atoms with Crippen LogP contribution >= 0.6 is 0 Å². The maximum Gasteiger partial charge on any atom is 0.256 e. The molecule has 0 spiro atoms.